The molecular formula is C15H20N2S. The molecule has 3 rings (SSSR count). The van der Waals surface area contributed by atoms with Gasteiger partial charge in [0.2, 0.25) is 0 Å². The minimum atomic E-state index is 0.448. The summed E-state index contributed by atoms with van der Waals surface area (Å²) in [6.07, 6.45) is 4.93. The van der Waals surface area contributed by atoms with Crippen molar-refractivity contribution in [3.8, 4) is 0 Å². The highest BCUT2D eigenvalue weighted by Gasteiger charge is 2.17. The quantitative estimate of drug-likeness (QED) is 0.880. The van der Waals surface area contributed by atoms with Crippen molar-refractivity contribution in [2.75, 3.05) is 11.9 Å². The fourth-order valence-corrected chi connectivity index (χ4v) is 3.55. The average molecular weight is 260 g/mol. The lowest BCUT2D eigenvalue weighted by atomic mass is 9.86. The second kappa shape index (κ2) is 5.29. The Kier molecular flexibility index (Phi) is 3.52. The summed E-state index contributed by atoms with van der Waals surface area (Å²) in [7, 11) is 0. The third-order valence-corrected chi connectivity index (χ3v) is 4.82. The molecule has 1 aliphatic rings. The van der Waals surface area contributed by atoms with Crippen LogP contribution in [0.15, 0.2) is 29.6 Å². The van der Waals surface area contributed by atoms with Crippen LogP contribution in [0.25, 0.3) is 10.1 Å². The van der Waals surface area contributed by atoms with Crippen LogP contribution in [0.1, 0.15) is 25.7 Å². The molecule has 18 heavy (non-hydrogen) atoms. The van der Waals surface area contributed by atoms with Gasteiger partial charge in [-0.15, -0.1) is 11.3 Å². The van der Waals surface area contributed by atoms with Gasteiger partial charge in [0, 0.05) is 23.0 Å². The smallest absolute Gasteiger partial charge is 0.0363 e. The van der Waals surface area contributed by atoms with Gasteiger partial charge in [0.15, 0.2) is 0 Å². The van der Waals surface area contributed by atoms with Crippen molar-refractivity contribution in [2.45, 2.75) is 31.7 Å². The number of benzene rings is 1. The summed E-state index contributed by atoms with van der Waals surface area (Å²) in [5.74, 6) is 0.795. The Morgan fingerprint density at radius 1 is 1.17 bits per heavy atom. The van der Waals surface area contributed by atoms with E-state index in [1.54, 1.807) is 11.3 Å². The van der Waals surface area contributed by atoms with E-state index in [0.29, 0.717) is 6.04 Å². The SMILES string of the molecule is NC1CCC(CNc2ccc3ccsc3c2)CC1. The monoisotopic (exact) mass is 260 g/mol. The molecule has 0 aliphatic heterocycles. The van der Waals surface area contributed by atoms with E-state index in [-0.39, 0.29) is 0 Å². The molecule has 3 N–H and O–H groups in total. The number of nitrogens with two attached hydrogens (primary N) is 1. The molecule has 0 bridgehead atoms. The fraction of sp³-hybridized carbons (Fsp3) is 0.467. The van der Waals surface area contributed by atoms with E-state index in [2.05, 4.69) is 35.0 Å². The predicted molar refractivity (Wildman–Crippen MR) is 80.2 cm³/mol. The zero-order valence-electron chi connectivity index (χ0n) is 10.6. The Bertz CT molecular complexity index is 512. The Labute approximate surface area is 112 Å². The van der Waals surface area contributed by atoms with Crippen molar-refractivity contribution < 1.29 is 0 Å². The van der Waals surface area contributed by atoms with Crippen LogP contribution in [-0.2, 0) is 0 Å². The zero-order valence-corrected chi connectivity index (χ0v) is 11.4. The Hall–Kier alpha value is -1.06. The van der Waals surface area contributed by atoms with Crippen LogP contribution in [0.5, 0.6) is 0 Å². The van der Waals surface area contributed by atoms with Gasteiger partial charge in [-0.2, -0.15) is 0 Å². The number of anilines is 1. The summed E-state index contributed by atoms with van der Waals surface area (Å²) in [5, 5.41) is 7.07. The van der Waals surface area contributed by atoms with E-state index in [1.165, 1.54) is 41.5 Å². The minimum Gasteiger partial charge on any atom is -0.385 e. The molecule has 3 heteroatoms. The van der Waals surface area contributed by atoms with Crippen LogP contribution < -0.4 is 11.1 Å². The Balaban J connectivity index is 1.59. The first-order valence-corrected chi connectivity index (χ1v) is 7.66. The third-order valence-electron chi connectivity index (χ3n) is 3.94. The van der Waals surface area contributed by atoms with Gasteiger partial charge >= 0.3 is 0 Å². The predicted octanol–water partition coefficient (Wildman–Crippen LogP) is 3.83. The molecule has 0 amide bonds. The number of nitrogens with one attached hydrogen (secondary N) is 1. The molecule has 1 aromatic heterocycles. The highest BCUT2D eigenvalue weighted by Crippen LogP contribution is 2.26. The van der Waals surface area contributed by atoms with Gasteiger partial charge in [-0.25, -0.2) is 0 Å². The molecule has 1 aromatic carbocycles. The van der Waals surface area contributed by atoms with Gasteiger partial charge in [0.25, 0.3) is 0 Å². The van der Waals surface area contributed by atoms with Gasteiger partial charge < -0.3 is 11.1 Å². The number of thiophene rings is 1. The van der Waals surface area contributed by atoms with Gasteiger partial charge in [-0.1, -0.05) is 6.07 Å². The molecule has 2 aromatic rings. The topological polar surface area (TPSA) is 38.0 Å². The molecule has 1 heterocycles. The first-order chi connectivity index (χ1) is 8.81. The van der Waals surface area contributed by atoms with E-state index in [0.717, 1.165) is 12.5 Å². The molecule has 1 fully saturated rings. The number of rotatable bonds is 3. The second-order valence-electron chi connectivity index (χ2n) is 5.33. The van der Waals surface area contributed by atoms with Gasteiger partial charge in [-0.05, 0) is 60.6 Å². The van der Waals surface area contributed by atoms with Crippen molar-refractivity contribution >= 4 is 27.1 Å². The maximum absolute atomic E-state index is 5.94. The highest BCUT2D eigenvalue weighted by molar-refractivity contribution is 7.17. The zero-order chi connectivity index (χ0) is 12.4. The first kappa shape index (κ1) is 12.0. The average Bonchev–Trinajstić information content (AvgIpc) is 2.85. The maximum atomic E-state index is 5.94. The molecule has 1 saturated carbocycles. The van der Waals surface area contributed by atoms with Crippen LogP contribution in [0, 0.1) is 5.92 Å². The van der Waals surface area contributed by atoms with Crippen molar-refractivity contribution in [1.29, 1.82) is 0 Å². The number of hydrogen-bond donors (Lipinski definition) is 2. The van der Waals surface area contributed by atoms with E-state index in [1.807, 2.05) is 0 Å². The summed E-state index contributed by atoms with van der Waals surface area (Å²) in [6.45, 7) is 1.09. The lowest BCUT2D eigenvalue weighted by Gasteiger charge is -2.26. The molecule has 1 aliphatic carbocycles. The highest BCUT2D eigenvalue weighted by atomic mass is 32.1. The molecule has 0 radical (unpaired) electrons. The summed E-state index contributed by atoms with van der Waals surface area (Å²) in [6, 6.07) is 9.26. The van der Waals surface area contributed by atoms with Crippen LogP contribution in [0.2, 0.25) is 0 Å². The molecular weight excluding hydrogens is 240 g/mol. The van der Waals surface area contributed by atoms with E-state index < -0.39 is 0 Å². The van der Waals surface area contributed by atoms with Crippen molar-refractivity contribution in [1.82, 2.24) is 0 Å². The lowest BCUT2D eigenvalue weighted by Crippen LogP contribution is -2.29. The fourth-order valence-electron chi connectivity index (χ4n) is 2.72. The van der Waals surface area contributed by atoms with Crippen LogP contribution in [0.4, 0.5) is 5.69 Å². The summed E-state index contributed by atoms with van der Waals surface area (Å²) in [4.78, 5) is 0. The molecule has 2 nitrogen and oxygen atoms in total. The Morgan fingerprint density at radius 2 is 2.00 bits per heavy atom. The maximum Gasteiger partial charge on any atom is 0.0363 e. The van der Waals surface area contributed by atoms with Crippen molar-refractivity contribution in [3.05, 3.63) is 29.6 Å². The van der Waals surface area contributed by atoms with Crippen molar-refractivity contribution in [3.63, 3.8) is 0 Å². The molecule has 0 spiro atoms. The van der Waals surface area contributed by atoms with Gasteiger partial charge in [0.05, 0.1) is 0 Å². The van der Waals surface area contributed by atoms with E-state index in [4.69, 9.17) is 5.73 Å². The molecule has 0 unspecified atom stereocenters. The number of fused-ring (bicyclic) bond motifs is 1. The van der Waals surface area contributed by atoms with Gasteiger partial charge in [-0.3, -0.25) is 0 Å². The summed E-state index contributed by atoms with van der Waals surface area (Å²) >= 11 is 1.81. The Morgan fingerprint density at radius 3 is 2.83 bits per heavy atom. The number of hydrogen-bond acceptors (Lipinski definition) is 3. The molecule has 0 saturated heterocycles. The van der Waals surface area contributed by atoms with Gasteiger partial charge in [0.1, 0.15) is 0 Å². The van der Waals surface area contributed by atoms with E-state index >= 15 is 0 Å². The second-order valence-corrected chi connectivity index (χ2v) is 6.28. The van der Waals surface area contributed by atoms with Crippen LogP contribution in [-0.4, -0.2) is 12.6 Å². The van der Waals surface area contributed by atoms with Crippen molar-refractivity contribution in [2.24, 2.45) is 11.7 Å². The standard InChI is InChI=1S/C15H20N2S/c16-13-4-1-11(2-5-13)10-17-14-6-3-12-7-8-18-15(12)9-14/h3,6-9,11,13,17H,1-2,4-5,10,16H2. The third kappa shape index (κ3) is 2.68. The molecule has 96 valence electrons. The van der Waals surface area contributed by atoms with E-state index in [9.17, 15) is 0 Å². The molecule has 0 atom stereocenters. The summed E-state index contributed by atoms with van der Waals surface area (Å²) in [5.41, 5.74) is 7.19. The largest absolute Gasteiger partial charge is 0.385 e. The normalized spacial score (nSPS) is 24.3. The minimum absolute atomic E-state index is 0.448. The van der Waals surface area contributed by atoms with Crippen LogP contribution in [0.3, 0.4) is 0 Å². The summed E-state index contributed by atoms with van der Waals surface area (Å²) < 4.78 is 1.37. The lowest BCUT2D eigenvalue weighted by molar-refractivity contribution is 0.339. The van der Waals surface area contributed by atoms with Crippen LogP contribution >= 0.6 is 11.3 Å². The first-order valence-electron chi connectivity index (χ1n) is 6.78.